The second-order valence-electron chi connectivity index (χ2n) is 4.27. The fraction of sp³-hybridized carbons (Fsp3) is 0.143. The third kappa shape index (κ3) is 2.46. The molecular formula is C14H11BrN2O2. The molecular weight excluding hydrogens is 308 g/mol. The quantitative estimate of drug-likeness (QED) is 0.926. The van der Waals surface area contributed by atoms with Crippen molar-refractivity contribution in [3.8, 4) is 5.75 Å². The molecule has 19 heavy (non-hydrogen) atoms. The van der Waals surface area contributed by atoms with Crippen LogP contribution in [-0.2, 0) is 0 Å². The molecule has 2 heterocycles. The van der Waals surface area contributed by atoms with Crippen molar-refractivity contribution in [3.05, 3.63) is 58.3 Å². The van der Waals surface area contributed by atoms with Gasteiger partial charge in [0.1, 0.15) is 12.4 Å². The molecule has 96 valence electrons. The van der Waals surface area contributed by atoms with Crippen LogP contribution in [0.5, 0.6) is 5.75 Å². The van der Waals surface area contributed by atoms with Crippen molar-refractivity contribution in [3.63, 3.8) is 0 Å². The number of carbonyl (C=O) groups is 1. The number of amides is 1. The number of hydrogen-bond donors (Lipinski definition) is 1. The SMILES string of the molecule is O=C(NC1COc2ccccc21)c1cncc(Br)c1. The molecule has 0 saturated heterocycles. The molecule has 2 aromatic rings. The molecule has 1 aliphatic heterocycles. The van der Waals surface area contributed by atoms with E-state index in [1.54, 1.807) is 18.5 Å². The summed E-state index contributed by atoms with van der Waals surface area (Å²) in [5, 5.41) is 2.95. The highest BCUT2D eigenvalue weighted by Crippen LogP contribution is 2.31. The standard InChI is InChI=1S/C14H11BrN2O2/c15-10-5-9(6-16-7-10)14(18)17-12-8-19-13-4-2-1-3-11(12)13/h1-7,12H,8H2,(H,17,18). The molecule has 0 fully saturated rings. The largest absolute Gasteiger partial charge is 0.491 e. The zero-order valence-corrected chi connectivity index (χ0v) is 11.6. The van der Waals surface area contributed by atoms with Gasteiger partial charge in [0.15, 0.2) is 0 Å². The van der Waals surface area contributed by atoms with Crippen LogP contribution < -0.4 is 10.1 Å². The van der Waals surface area contributed by atoms with E-state index in [1.165, 1.54) is 0 Å². The average molecular weight is 319 g/mol. The minimum Gasteiger partial charge on any atom is -0.491 e. The number of nitrogens with one attached hydrogen (secondary N) is 1. The van der Waals surface area contributed by atoms with E-state index < -0.39 is 0 Å². The molecule has 0 radical (unpaired) electrons. The third-order valence-electron chi connectivity index (χ3n) is 2.97. The molecule has 1 amide bonds. The molecule has 4 nitrogen and oxygen atoms in total. The van der Waals surface area contributed by atoms with Gasteiger partial charge in [-0.1, -0.05) is 18.2 Å². The Labute approximate surface area is 118 Å². The molecule has 0 bridgehead atoms. The number of pyridine rings is 1. The van der Waals surface area contributed by atoms with Gasteiger partial charge in [-0.3, -0.25) is 9.78 Å². The molecule has 0 aliphatic carbocycles. The predicted molar refractivity (Wildman–Crippen MR) is 74.1 cm³/mol. The minimum absolute atomic E-state index is 0.109. The Morgan fingerprint density at radius 1 is 1.37 bits per heavy atom. The Morgan fingerprint density at radius 3 is 3.05 bits per heavy atom. The average Bonchev–Trinajstić information content (AvgIpc) is 2.82. The summed E-state index contributed by atoms with van der Waals surface area (Å²) in [4.78, 5) is 16.1. The lowest BCUT2D eigenvalue weighted by atomic mass is 10.1. The molecule has 0 spiro atoms. The van der Waals surface area contributed by atoms with Crippen molar-refractivity contribution in [2.45, 2.75) is 6.04 Å². The second kappa shape index (κ2) is 5.01. The highest BCUT2D eigenvalue weighted by atomic mass is 79.9. The summed E-state index contributed by atoms with van der Waals surface area (Å²) < 4.78 is 6.31. The smallest absolute Gasteiger partial charge is 0.253 e. The molecule has 1 N–H and O–H groups in total. The molecule has 1 aliphatic rings. The molecule has 1 aromatic heterocycles. The van der Waals surface area contributed by atoms with E-state index in [9.17, 15) is 4.79 Å². The predicted octanol–water partition coefficient (Wildman–Crippen LogP) is 2.71. The van der Waals surface area contributed by atoms with Gasteiger partial charge in [0.2, 0.25) is 0 Å². The first kappa shape index (κ1) is 12.2. The Bertz CT molecular complexity index is 630. The maximum atomic E-state index is 12.1. The van der Waals surface area contributed by atoms with E-state index >= 15 is 0 Å². The van der Waals surface area contributed by atoms with Gasteiger partial charge in [0, 0.05) is 22.4 Å². The van der Waals surface area contributed by atoms with Crippen LogP contribution in [0.3, 0.4) is 0 Å². The van der Waals surface area contributed by atoms with Gasteiger partial charge in [0.25, 0.3) is 5.91 Å². The molecule has 1 aromatic carbocycles. The van der Waals surface area contributed by atoms with E-state index in [0.717, 1.165) is 15.8 Å². The van der Waals surface area contributed by atoms with Crippen molar-refractivity contribution in [1.82, 2.24) is 10.3 Å². The van der Waals surface area contributed by atoms with Crippen LogP contribution >= 0.6 is 15.9 Å². The highest BCUT2D eigenvalue weighted by molar-refractivity contribution is 9.10. The number of ether oxygens (including phenoxy) is 1. The van der Waals surface area contributed by atoms with Crippen LogP contribution in [0.4, 0.5) is 0 Å². The Hall–Kier alpha value is -1.88. The number of carbonyl (C=O) groups excluding carboxylic acids is 1. The van der Waals surface area contributed by atoms with Crippen molar-refractivity contribution < 1.29 is 9.53 Å². The first-order valence-electron chi connectivity index (χ1n) is 5.87. The van der Waals surface area contributed by atoms with Crippen molar-refractivity contribution in [2.75, 3.05) is 6.61 Å². The molecule has 3 rings (SSSR count). The molecule has 1 atom stereocenters. The maximum Gasteiger partial charge on any atom is 0.253 e. The number of rotatable bonds is 2. The number of halogens is 1. The molecule has 5 heteroatoms. The van der Waals surface area contributed by atoms with Gasteiger partial charge >= 0.3 is 0 Å². The first-order chi connectivity index (χ1) is 9.24. The number of hydrogen-bond acceptors (Lipinski definition) is 3. The van der Waals surface area contributed by atoms with Crippen molar-refractivity contribution in [2.24, 2.45) is 0 Å². The Kier molecular flexibility index (Phi) is 3.21. The number of nitrogens with zero attached hydrogens (tertiary/aromatic N) is 1. The Balaban J connectivity index is 1.78. The van der Waals surface area contributed by atoms with Crippen molar-refractivity contribution in [1.29, 1.82) is 0 Å². The number of benzene rings is 1. The Morgan fingerprint density at radius 2 is 2.21 bits per heavy atom. The second-order valence-corrected chi connectivity index (χ2v) is 5.18. The number of aromatic nitrogens is 1. The van der Waals surface area contributed by atoms with E-state index in [2.05, 4.69) is 26.2 Å². The fourth-order valence-corrected chi connectivity index (χ4v) is 2.42. The summed E-state index contributed by atoms with van der Waals surface area (Å²) in [6.45, 7) is 0.465. The zero-order valence-electron chi connectivity index (χ0n) is 9.97. The summed E-state index contributed by atoms with van der Waals surface area (Å²) in [6.07, 6.45) is 3.19. The molecule has 0 saturated carbocycles. The lowest BCUT2D eigenvalue weighted by Crippen LogP contribution is -2.29. The van der Waals surface area contributed by atoms with Crippen LogP contribution in [0, 0.1) is 0 Å². The summed E-state index contributed by atoms with van der Waals surface area (Å²) in [5.41, 5.74) is 1.54. The summed E-state index contributed by atoms with van der Waals surface area (Å²) in [6, 6.07) is 9.36. The van der Waals surface area contributed by atoms with E-state index in [4.69, 9.17) is 4.74 Å². The lowest BCUT2D eigenvalue weighted by Gasteiger charge is -2.11. The van der Waals surface area contributed by atoms with Gasteiger partial charge in [-0.15, -0.1) is 0 Å². The summed E-state index contributed by atoms with van der Waals surface area (Å²) >= 11 is 3.30. The monoisotopic (exact) mass is 318 g/mol. The normalized spacial score (nSPS) is 16.6. The van der Waals surface area contributed by atoms with E-state index in [0.29, 0.717) is 12.2 Å². The van der Waals surface area contributed by atoms with Crippen molar-refractivity contribution >= 4 is 21.8 Å². The van der Waals surface area contributed by atoms with Crippen LogP contribution in [0.1, 0.15) is 22.0 Å². The lowest BCUT2D eigenvalue weighted by molar-refractivity contribution is 0.0930. The van der Waals surface area contributed by atoms with Crippen LogP contribution in [0.25, 0.3) is 0 Å². The number of fused-ring (bicyclic) bond motifs is 1. The summed E-state index contributed by atoms with van der Waals surface area (Å²) in [5.74, 6) is 0.680. The van der Waals surface area contributed by atoms with Gasteiger partial charge in [0.05, 0.1) is 11.6 Å². The van der Waals surface area contributed by atoms with Crippen LogP contribution in [0.15, 0.2) is 47.2 Å². The van der Waals surface area contributed by atoms with E-state index in [-0.39, 0.29) is 11.9 Å². The third-order valence-corrected chi connectivity index (χ3v) is 3.41. The van der Waals surface area contributed by atoms with E-state index in [1.807, 2.05) is 24.3 Å². The fourth-order valence-electron chi connectivity index (χ4n) is 2.06. The zero-order chi connectivity index (χ0) is 13.2. The minimum atomic E-state index is -0.154. The number of para-hydroxylation sites is 1. The van der Waals surface area contributed by atoms with Gasteiger partial charge in [-0.2, -0.15) is 0 Å². The summed E-state index contributed by atoms with van der Waals surface area (Å²) in [7, 11) is 0. The maximum absolute atomic E-state index is 12.1. The van der Waals surface area contributed by atoms with Gasteiger partial charge in [-0.25, -0.2) is 0 Å². The first-order valence-corrected chi connectivity index (χ1v) is 6.66. The van der Waals surface area contributed by atoms with Crippen LogP contribution in [0.2, 0.25) is 0 Å². The topological polar surface area (TPSA) is 51.2 Å². The highest BCUT2D eigenvalue weighted by Gasteiger charge is 2.25. The van der Waals surface area contributed by atoms with Gasteiger partial charge < -0.3 is 10.1 Å². The molecule has 1 unspecified atom stereocenters. The van der Waals surface area contributed by atoms with Crippen LogP contribution in [-0.4, -0.2) is 17.5 Å². The van der Waals surface area contributed by atoms with Gasteiger partial charge in [-0.05, 0) is 28.1 Å².